The molecule has 10 rings (SSSR count). The lowest BCUT2D eigenvalue weighted by Gasteiger charge is -2.20. The van der Waals surface area contributed by atoms with Gasteiger partial charge < -0.3 is 0 Å². The molecular weight excluding hydrogens is 633 g/mol. The van der Waals surface area contributed by atoms with Crippen LogP contribution in [0.3, 0.4) is 0 Å². The molecule has 0 unspecified atom stereocenters. The molecule has 0 saturated carbocycles. The van der Waals surface area contributed by atoms with Crippen molar-refractivity contribution >= 4 is 0 Å². The lowest BCUT2D eigenvalue weighted by atomic mass is 9.85. The Hall–Kier alpha value is -6.52. The molecule has 2 aliphatic rings. The van der Waals surface area contributed by atoms with Crippen molar-refractivity contribution in [3.8, 4) is 78.8 Å². The van der Waals surface area contributed by atoms with Gasteiger partial charge in [0, 0.05) is 28.5 Å². The van der Waals surface area contributed by atoms with E-state index in [1.165, 1.54) is 55.6 Å². The maximum Gasteiger partial charge on any atom is 0.182 e. The molecule has 0 spiro atoms. The molecule has 0 fully saturated rings. The van der Waals surface area contributed by atoms with E-state index in [0.29, 0.717) is 17.5 Å². The van der Waals surface area contributed by atoms with Crippen LogP contribution in [0, 0.1) is 0 Å². The zero-order valence-electron chi connectivity index (χ0n) is 29.0. The number of hydrogen-bond donors (Lipinski definition) is 0. The zero-order chi connectivity index (χ0) is 34.8. The summed E-state index contributed by atoms with van der Waals surface area (Å²) in [6.07, 6.45) is 0.803. The van der Waals surface area contributed by atoms with E-state index in [1.807, 2.05) is 6.07 Å². The summed E-state index contributed by atoms with van der Waals surface area (Å²) in [6, 6.07) is 55.6. The van der Waals surface area contributed by atoms with Crippen molar-refractivity contribution in [2.24, 2.45) is 0 Å². The van der Waals surface area contributed by atoms with E-state index in [-0.39, 0.29) is 5.41 Å². The fraction of sp³-hybridized carbons (Fsp3) is 0.0833. The number of benzene rings is 6. The third-order valence-electron chi connectivity index (χ3n) is 10.8. The minimum Gasteiger partial charge on any atom is -0.248 e. The summed E-state index contributed by atoms with van der Waals surface area (Å²) in [5, 5.41) is 0. The van der Waals surface area contributed by atoms with Crippen LogP contribution in [-0.2, 0) is 11.8 Å². The van der Waals surface area contributed by atoms with Crippen LogP contribution >= 0.6 is 0 Å². The highest BCUT2D eigenvalue weighted by Crippen LogP contribution is 2.48. The molecule has 0 radical (unpaired) electrons. The molecule has 0 bridgehead atoms. The van der Waals surface area contributed by atoms with Crippen LogP contribution in [0.2, 0.25) is 0 Å². The Morgan fingerprint density at radius 2 is 0.904 bits per heavy atom. The largest absolute Gasteiger partial charge is 0.248 e. The highest BCUT2D eigenvalue weighted by molar-refractivity contribution is 5.89. The predicted molar refractivity (Wildman–Crippen MR) is 211 cm³/mol. The molecule has 2 aliphatic carbocycles. The molecule has 0 aliphatic heterocycles. The fourth-order valence-corrected chi connectivity index (χ4v) is 8.18. The minimum absolute atomic E-state index is 0.240. The molecule has 0 saturated heterocycles. The van der Waals surface area contributed by atoms with Gasteiger partial charge in [-0.2, -0.15) is 0 Å². The second-order valence-corrected chi connectivity index (χ2v) is 14.2. The van der Waals surface area contributed by atoms with Crippen LogP contribution in [0.15, 0.2) is 158 Å². The molecular formula is C48H34N4. The summed E-state index contributed by atoms with van der Waals surface area (Å²) in [4.78, 5) is 20.9. The van der Waals surface area contributed by atoms with Gasteiger partial charge in [-0.05, 0) is 61.7 Å². The summed E-state index contributed by atoms with van der Waals surface area (Å²) in [5.74, 6) is 1.85. The van der Waals surface area contributed by atoms with Crippen LogP contribution in [0.1, 0.15) is 36.2 Å². The van der Waals surface area contributed by atoms with E-state index in [9.17, 15) is 0 Å². The highest BCUT2D eigenvalue weighted by Gasteiger charge is 2.37. The van der Waals surface area contributed by atoms with Gasteiger partial charge >= 0.3 is 0 Å². The van der Waals surface area contributed by atoms with Gasteiger partial charge in [0.05, 0.1) is 5.69 Å². The van der Waals surface area contributed by atoms with E-state index in [2.05, 4.69) is 166 Å². The Labute approximate surface area is 303 Å². The normalized spacial score (nSPS) is 13.3. The van der Waals surface area contributed by atoms with Gasteiger partial charge in [0.1, 0.15) is 5.69 Å². The number of nitrogens with zero attached hydrogens (tertiary/aromatic N) is 4. The molecule has 2 aromatic heterocycles. The van der Waals surface area contributed by atoms with E-state index < -0.39 is 0 Å². The molecule has 0 N–H and O–H groups in total. The third-order valence-corrected chi connectivity index (χ3v) is 10.8. The molecule has 4 nitrogen and oxygen atoms in total. The Balaban J connectivity index is 1.13. The van der Waals surface area contributed by atoms with Crippen LogP contribution in [-0.4, -0.2) is 19.9 Å². The van der Waals surface area contributed by atoms with Crippen molar-refractivity contribution in [3.63, 3.8) is 0 Å². The molecule has 0 atom stereocenters. The van der Waals surface area contributed by atoms with Crippen molar-refractivity contribution in [1.82, 2.24) is 19.9 Å². The second kappa shape index (κ2) is 11.8. The maximum atomic E-state index is 5.31. The maximum absolute atomic E-state index is 5.31. The Bertz CT molecular complexity index is 2660. The summed E-state index contributed by atoms with van der Waals surface area (Å²) < 4.78 is 0. The van der Waals surface area contributed by atoms with Gasteiger partial charge in [-0.25, -0.2) is 19.9 Å². The van der Waals surface area contributed by atoms with Gasteiger partial charge in [-0.1, -0.05) is 166 Å². The number of pyridine rings is 1. The van der Waals surface area contributed by atoms with Crippen molar-refractivity contribution in [2.75, 3.05) is 0 Å². The first-order chi connectivity index (χ1) is 25.5. The van der Waals surface area contributed by atoms with Gasteiger partial charge in [-0.15, -0.1) is 0 Å². The molecule has 246 valence electrons. The Morgan fingerprint density at radius 1 is 0.365 bits per heavy atom. The smallest absolute Gasteiger partial charge is 0.182 e. The standard InChI is InChI=1S/C48H34N4/c1-48(2)42-22-10-9-17-37(42)38-27-28-43(49-44(38)48)47-51-45(33-25-23-31(24-26-33)30-13-5-3-6-14-30)50-46(52-47)39-21-12-20-36-35-19-11-18-34(40(35)29-41(36)39)32-15-7-4-8-16-32/h3-28H,29H2,1-2H3. The van der Waals surface area contributed by atoms with Crippen LogP contribution in [0.4, 0.5) is 0 Å². The topological polar surface area (TPSA) is 51.6 Å². The van der Waals surface area contributed by atoms with Crippen LogP contribution in [0.25, 0.3) is 78.8 Å². The lowest BCUT2D eigenvalue weighted by Crippen LogP contribution is -2.17. The van der Waals surface area contributed by atoms with Crippen LogP contribution in [0.5, 0.6) is 0 Å². The first-order valence-corrected chi connectivity index (χ1v) is 17.9. The zero-order valence-corrected chi connectivity index (χ0v) is 29.0. The van der Waals surface area contributed by atoms with E-state index in [4.69, 9.17) is 19.9 Å². The number of fused-ring (bicyclic) bond motifs is 6. The summed E-state index contributed by atoms with van der Waals surface area (Å²) in [6.45, 7) is 4.50. The predicted octanol–water partition coefficient (Wildman–Crippen LogP) is 11.5. The SMILES string of the molecule is CC1(C)c2ccccc2-c2ccc(-c3nc(-c4ccc(-c5ccccc5)cc4)nc(-c4cccc5c4Cc4c(-c6ccccc6)cccc4-5)n3)nc21. The average Bonchev–Trinajstić information content (AvgIpc) is 3.70. The van der Waals surface area contributed by atoms with Gasteiger partial charge in [-0.3, -0.25) is 0 Å². The molecule has 52 heavy (non-hydrogen) atoms. The summed E-state index contributed by atoms with van der Waals surface area (Å²) in [5.41, 5.74) is 17.1. The van der Waals surface area contributed by atoms with E-state index >= 15 is 0 Å². The molecule has 2 heterocycles. The lowest BCUT2D eigenvalue weighted by molar-refractivity contribution is 0.637. The van der Waals surface area contributed by atoms with Gasteiger partial charge in [0.25, 0.3) is 0 Å². The third kappa shape index (κ3) is 4.83. The Kier molecular flexibility index (Phi) is 6.87. The first-order valence-electron chi connectivity index (χ1n) is 17.9. The number of aromatic nitrogens is 4. The number of rotatable bonds is 5. The van der Waals surface area contributed by atoms with Crippen molar-refractivity contribution in [2.45, 2.75) is 25.7 Å². The minimum atomic E-state index is -0.240. The quantitative estimate of drug-likeness (QED) is 0.183. The van der Waals surface area contributed by atoms with E-state index in [0.717, 1.165) is 34.5 Å². The fourth-order valence-electron chi connectivity index (χ4n) is 8.18. The second-order valence-electron chi connectivity index (χ2n) is 14.2. The van der Waals surface area contributed by atoms with Crippen molar-refractivity contribution < 1.29 is 0 Å². The molecule has 8 aromatic rings. The molecule has 0 amide bonds. The molecule has 4 heteroatoms. The average molecular weight is 667 g/mol. The van der Waals surface area contributed by atoms with Gasteiger partial charge in [0.2, 0.25) is 0 Å². The summed E-state index contributed by atoms with van der Waals surface area (Å²) in [7, 11) is 0. The first kappa shape index (κ1) is 30.3. The van der Waals surface area contributed by atoms with Crippen LogP contribution < -0.4 is 0 Å². The van der Waals surface area contributed by atoms with E-state index in [1.54, 1.807) is 0 Å². The summed E-state index contributed by atoms with van der Waals surface area (Å²) >= 11 is 0. The van der Waals surface area contributed by atoms with Gasteiger partial charge in [0.15, 0.2) is 17.5 Å². The number of hydrogen-bond acceptors (Lipinski definition) is 4. The molecule has 6 aromatic carbocycles. The van der Waals surface area contributed by atoms with Crippen molar-refractivity contribution in [3.05, 3.63) is 180 Å². The highest BCUT2D eigenvalue weighted by atomic mass is 15.0. The Morgan fingerprint density at radius 3 is 1.65 bits per heavy atom. The monoisotopic (exact) mass is 666 g/mol. The van der Waals surface area contributed by atoms with Crippen molar-refractivity contribution in [1.29, 1.82) is 0 Å².